The summed E-state index contributed by atoms with van der Waals surface area (Å²) in [5.41, 5.74) is 2.75. The maximum atomic E-state index is 11.7. The van der Waals surface area contributed by atoms with E-state index < -0.39 is 22.8 Å². The lowest BCUT2D eigenvalue weighted by Crippen LogP contribution is -2.21. The summed E-state index contributed by atoms with van der Waals surface area (Å²) in [5, 5.41) is 22.8. The van der Waals surface area contributed by atoms with Crippen molar-refractivity contribution in [3.63, 3.8) is 0 Å². The molecule has 2 N–H and O–H groups in total. The molecule has 3 aromatic rings. The molecular weight excluding hydrogens is 320 g/mol. The predicted octanol–water partition coefficient (Wildman–Crippen LogP) is 2.92. The average molecular weight is 336 g/mol. The fourth-order valence-corrected chi connectivity index (χ4v) is 2.79. The Bertz CT molecular complexity index is 1020. The molecule has 2 aromatic carbocycles. The van der Waals surface area contributed by atoms with Crippen molar-refractivity contribution < 1.29 is 15.0 Å². The molecule has 1 aromatic heterocycles. The number of carboxylic acids is 1. The molecule has 1 heterocycles. The van der Waals surface area contributed by atoms with Crippen LogP contribution in [0.5, 0.6) is 5.75 Å². The summed E-state index contributed by atoms with van der Waals surface area (Å²) in [6, 6.07) is 13.3. The quantitative estimate of drug-likeness (QED) is 0.767. The Morgan fingerprint density at radius 1 is 1.08 bits per heavy atom. The summed E-state index contributed by atoms with van der Waals surface area (Å²) in [6.45, 7) is 3.98. The van der Waals surface area contributed by atoms with Crippen LogP contribution in [0.1, 0.15) is 21.6 Å². The molecule has 6 heteroatoms. The summed E-state index contributed by atoms with van der Waals surface area (Å²) >= 11 is 0. The van der Waals surface area contributed by atoms with Crippen molar-refractivity contribution >= 4 is 5.97 Å². The van der Waals surface area contributed by atoms with E-state index in [0.29, 0.717) is 5.69 Å². The molecule has 0 unspecified atom stereocenters. The van der Waals surface area contributed by atoms with Gasteiger partial charge in [0.05, 0.1) is 11.9 Å². The number of aromatic hydroxyl groups is 1. The topological polar surface area (TPSA) is 92.4 Å². The Balaban J connectivity index is 2.27. The number of aromatic carboxylic acids is 1. The summed E-state index contributed by atoms with van der Waals surface area (Å²) in [7, 11) is 0. The van der Waals surface area contributed by atoms with Crippen molar-refractivity contribution in [1.29, 1.82) is 0 Å². The van der Waals surface area contributed by atoms with Gasteiger partial charge in [-0.15, -0.1) is 0 Å². The summed E-state index contributed by atoms with van der Waals surface area (Å²) in [6.07, 6.45) is 1.12. The molecule has 0 bridgehead atoms. The van der Waals surface area contributed by atoms with Crippen LogP contribution in [0.25, 0.3) is 16.8 Å². The van der Waals surface area contributed by atoms with Crippen LogP contribution in [-0.4, -0.2) is 26.0 Å². The van der Waals surface area contributed by atoms with Crippen LogP contribution in [0.3, 0.4) is 0 Å². The van der Waals surface area contributed by atoms with Crippen LogP contribution in [0.15, 0.2) is 53.5 Å². The maximum Gasteiger partial charge on any atom is 0.360 e. The lowest BCUT2D eigenvalue weighted by atomic mass is 9.99. The number of hydrogen-bond donors (Lipinski definition) is 2. The average Bonchev–Trinajstić information content (AvgIpc) is 2.56. The van der Waals surface area contributed by atoms with Gasteiger partial charge in [0.2, 0.25) is 5.69 Å². The van der Waals surface area contributed by atoms with E-state index >= 15 is 0 Å². The summed E-state index contributed by atoms with van der Waals surface area (Å²) in [5.74, 6) is -2.15. The van der Waals surface area contributed by atoms with Gasteiger partial charge in [-0.1, -0.05) is 47.5 Å². The highest BCUT2D eigenvalue weighted by molar-refractivity contribution is 5.85. The number of rotatable bonds is 3. The van der Waals surface area contributed by atoms with Crippen molar-refractivity contribution in [1.82, 2.24) is 9.78 Å². The van der Waals surface area contributed by atoms with Gasteiger partial charge in [0.15, 0.2) is 5.75 Å². The highest BCUT2D eigenvalue weighted by atomic mass is 16.4. The zero-order valence-corrected chi connectivity index (χ0v) is 13.7. The van der Waals surface area contributed by atoms with Gasteiger partial charge in [0, 0.05) is 5.56 Å². The molecule has 0 fully saturated rings. The fourth-order valence-electron chi connectivity index (χ4n) is 2.79. The lowest BCUT2D eigenvalue weighted by molar-refractivity contribution is 0.0686. The minimum absolute atomic E-state index is 0.560. The lowest BCUT2D eigenvalue weighted by Gasteiger charge is -2.13. The molecule has 6 nitrogen and oxygen atoms in total. The van der Waals surface area contributed by atoms with Gasteiger partial charge < -0.3 is 10.2 Å². The van der Waals surface area contributed by atoms with Crippen molar-refractivity contribution in [2.75, 3.05) is 0 Å². The second-order valence-corrected chi connectivity index (χ2v) is 5.84. The normalized spacial score (nSPS) is 10.6. The van der Waals surface area contributed by atoms with Gasteiger partial charge in [-0.3, -0.25) is 4.79 Å². The standard InChI is InChI=1S/C19H16N2O4/c1-11-7-12(2)9-13(8-11)14-5-3-4-6-15(14)21-10-16(22)18(23)17(20-21)19(24)25/h3-10,22H,1-2H3,(H,24,25). The second kappa shape index (κ2) is 6.24. The number of carbonyl (C=O) groups is 1. The van der Waals surface area contributed by atoms with Crippen LogP contribution < -0.4 is 5.43 Å². The van der Waals surface area contributed by atoms with Crippen LogP contribution in [0.4, 0.5) is 0 Å². The Morgan fingerprint density at radius 3 is 2.36 bits per heavy atom. The van der Waals surface area contributed by atoms with Gasteiger partial charge in [-0.25, -0.2) is 9.48 Å². The minimum atomic E-state index is -1.49. The highest BCUT2D eigenvalue weighted by Crippen LogP contribution is 2.28. The third-order valence-corrected chi connectivity index (χ3v) is 3.79. The van der Waals surface area contributed by atoms with Crippen LogP contribution in [0, 0.1) is 13.8 Å². The first-order chi connectivity index (χ1) is 11.9. The molecule has 0 atom stereocenters. The Labute approximate surface area is 143 Å². The van der Waals surface area contributed by atoms with Crippen LogP contribution in [-0.2, 0) is 0 Å². The van der Waals surface area contributed by atoms with Gasteiger partial charge in [0.1, 0.15) is 0 Å². The van der Waals surface area contributed by atoms with E-state index in [1.807, 2.05) is 38.1 Å². The van der Waals surface area contributed by atoms with Crippen LogP contribution >= 0.6 is 0 Å². The van der Waals surface area contributed by atoms with E-state index in [1.54, 1.807) is 12.1 Å². The van der Waals surface area contributed by atoms with E-state index in [1.165, 1.54) is 4.68 Å². The number of aryl methyl sites for hydroxylation is 2. The monoisotopic (exact) mass is 336 g/mol. The largest absolute Gasteiger partial charge is 0.503 e. The number of aromatic nitrogens is 2. The summed E-state index contributed by atoms with van der Waals surface area (Å²) in [4.78, 5) is 22.9. The van der Waals surface area contributed by atoms with E-state index in [-0.39, 0.29) is 0 Å². The SMILES string of the molecule is Cc1cc(C)cc(-c2ccccc2-n2cc(O)c(=O)c(C(=O)O)n2)c1. The molecule has 0 aliphatic rings. The Morgan fingerprint density at radius 2 is 1.72 bits per heavy atom. The molecule has 0 aliphatic heterocycles. The highest BCUT2D eigenvalue weighted by Gasteiger charge is 2.17. The number of benzene rings is 2. The van der Waals surface area contributed by atoms with Gasteiger partial charge in [-0.05, 0) is 25.5 Å². The van der Waals surface area contributed by atoms with E-state index in [4.69, 9.17) is 5.11 Å². The molecule has 25 heavy (non-hydrogen) atoms. The van der Waals surface area contributed by atoms with Gasteiger partial charge >= 0.3 is 5.97 Å². The minimum Gasteiger partial charge on any atom is -0.503 e. The zero-order valence-electron chi connectivity index (χ0n) is 13.7. The van der Waals surface area contributed by atoms with E-state index in [9.17, 15) is 14.7 Å². The fraction of sp³-hybridized carbons (Fsp3) is 0.105. The first-order valence-electron chi connectivity index (χ1n) is 7.61. The molecule has 0 aliphatic carbocycles. The first-order valence-corrected chi connectivity index (χ1v) is 7.61. The number of hydrogen-bond acceptors (Lipinski definition) is 4. The maximum absolute atomic E-state index is 11.7. The third-order valence-electron chi connectivity index (χ3n) is 3.79. The van der Waals surface area contributed by atoms with Crippen molar-refractivity contribution in [2.45, 2.75) is 13.8 Å². The molecule has 0 spiro atoms. The van der Waals surface area contributed by atoms with Crippen LogP contribution in [0.2, 0.25) is 0 Å². The molecule has 3 rings (SSSR count). The smallest absolute Gasteiger partial charge is 0.360 e. The van der Waals surface area contributed by atoms with Crippen molar-refractivity contribution in [3.8, 4) is 22.6 Å². The number of para-hydroxylation sites is 1. The third kappa shape index (κ3) is 3.14. The molecule has 0 amide bonds. The first kappa shape index (κ1) is 16.4. The predicted molar refractivity (Wildman–Crippen MR) is 93.4 cm³/mol. The molecular formula is C19H16N2O4. The number of nitrogens with zero attached hydrogens (tertiary/aromatic N) is 2. The molecule has 0 saturated heterocycles. The number of carboxylic acid groups (broad SMARTS) is 1. The Hall–Kier alpha value is -3.41. The van der Waals surface area contributed by atoms with Crippen molar-refractivity contribution in [2.24, 2.45) is 0 Å². The summed E-state index contributed by atoms with van der Waals surface area (Å²) < 4.78 is 1.22. The van der Waals surface area contributed by atoms with Gasteiger partial charge in [0.25, 0.3) is 5.43 Å². The molecule has 0 radical (unpaired) electrons. The zero-order chi connectivity index (χ0) is 18.1. The molecule has 0 saturated carbocycles. The van der Waals surface area contributed by atoms with Gasteiger partial charge in [-0.2, -0.15) is 5.10 Å². The van der Waals surface area contributed by atoms with Crippen molar-refractivity contribution in [3.05, 3.63) is 75.7 Å². The molecule has 126 valence electrons. The van der Waals surface area contributed by atoms with E-state index in [2.05, 4.69) is 11.2 Å². The van der Waals surface area contributed by atoms with E-state index in [0.717, 1.165) is 28.5 Å². The Kier molecular flexibility index (Phi) is 4.10. The second-order valence-electron chi connectivity index (χ2n) is 5.84.